The number of anilines is 1. The fraction of sp³-hybridized carbons (Fsp3) is 0.440. The molecule has 1 aliphatic rings. The summed E-state index contributed by atoms with van der Waals surface area (Å²) >= 11 is 0. The van der Waals surface area contributed by atoms with Crippen molar-refractivity contribution >= 4 is 17.5 Å². The minimum Gasteiger partial charge on any atom is -0.332 e. The van der Waals surface area contributed by atoms with Gasteiger partial charge in [0.25, 0.3) is 0 Å². The van der Waals surface area contributed by atoms with Gasteiger partial charge in [-0.1, -0.05) is 48.5 Å². The van der Waals surface area contributed by atoms with Crippen LogP contribution < -0.4 is 5.32 Å². The molecule has 0 atom stereocenters. The first kappa shape index (κ1) is 23.0. The van der Waals surface area contributed by atoms with Crippen LogP contribution in [0.3, 0.4) is 0 Å². The number of piperazine rings is 1. The van der Waals surface area contributed by atoms with E-state index in [1.165, 1.54) is 0 Å². The standard InChI is InChI=1S/C25H34N4O2/c1-25(2,3)29(18-21-10-6-4-7-11-21)24(31)20-28-16-14-27(15-17-28)19-23(30)26-22-12-8-5-9-13-22/h4-13H,14-20H2,1-3H3,(H,26,30). The molecule has 0 unspecified atom stereocenters. The summed E-state index contributed by atoms with van der Waals surface area (Å²) in [5.74, 6) is 0.143. The maximum atomic E-state index is 13.1. The Labute approximate surface area is 185 Å². The second kappa shape index (κ2) is 10.6. The zero-order valence-electron chi connectivity index (χ0n) is 18.9. The quantitative estimate of drug-likeness (QED) is 0.745. The molecular formula is C25H34N4O2. The van der Waals surface area contributed by atoms with Crippen LogP contribution in [0, 0.1) is 0 Å². The van der Waals surface area contributed by atoms with Gasteiger partial charge in [-0.25, -0.2) is 0 Å². The molecule has 2 aromatic carbocycles. The molecule has 1 heterocycles. The number of rotatable bonds is 7. The third kappa shape index (κ3) is 7.19. The van der Waals surface area contributed by atoms with Crippen molar-refractivity contribution in [2.24, 2.45) is 0 Å². The van der Waals surface area contributed by atoms with E-state index in [2.05, 4.69) is 48.0 Å². The van der Waals surface area contributed by atoms with E-state index in [-0.39, 0.29) is 17.4 Å². The third-order valence-corrected chi connectivity index (χ3v) is 5.54. The molecule has 2 amide bonds. The predicted octanol–water partition coefficient (Wildman–Crippen LogP) is 3.07. The van der Waals surface area contributed by atoms with E-state index in [9.17, 15) is 9.59 Å². The van der Waals surface area contributed by atoms with Crippen molar-refractivity contribution in [3.8, 4) is 0 Å². The number of nitrogens with one attached hydrogen (secondary N) is 1. The average Bonchev–Trinajstić information content (AvgIpc) is 2.74. The number of para-hydroxylation sites is 1. The third-order valence-electron chi connectivity index (χ3n) is 5.54. The monoisotopic (exact) mass is 422 g/mol. The van der Waals surface area contributed by atoms with Gasteiger partial charge in [-0.3, -0.25) is 19.4 Å². The van der Waals surface area contributed by atoms with Crippen molar-refractivity contribution in [3.05, 3.63) is 66.2 Å². The maximum absolute atomic E-state index is 13.1. The summed E-state index contributed by atoms with van der Waals surface area (Å²) in [6.45, 7) is 10.8. The van der Waals surface area contributed by atoms with Crippen LogP contribution in [0.25, 0.3) is 0 Å². The lowest BCUT2D eigenvalue weighted by atomic mass is 10.0. The first-order valence-corrected chi connectivity index (χ1v) is 11.0. The molecule has 1 aliphatic heterocycles. The van der Waals surface area contributed by atoms with E-state index in [4.69, 9.17) is 0 Å². The maximum Gasteiger partial charge on any atom is 0.238 e. The molecule has 0 bridgehead atoms. The van der Waals surface area contributed by atoms with Gasteiger partial charge in [-0.05, 0) is 38.5 Å². The number of hydrogen-bond acceptors (Lipinski definition) is 4. The molecule has 0 saturated carbocycles. The van der Waals surface area contributed by atoms with Crippen molar-refractivity contribution in [2.45, 2.75) is 32.9 Å². The molecule has 0 aliphatic carbocycles. The Morgan fingerprint density at radius 2 is 1.35 bits per heavy atom. The molecule has 31 heavy (non-hydrogen) atoms. The van der Waals surface area contributed by atoms with Gasteiger partial charge in [0.2, 0.25) is 11.8 Å². The lowest BCUT2D eigenvalue weighted by molar-refractivity contribution is -0.138. The Morgan fingerprint density at radius 3 is 1.90 bits per heavy atom. The van der Waals surface area contributed by atoms with E-state index in [1.54, 1.807) is 0 Å². The topological polar surface area (TPSA) is 55.9 Å². The van der Waals surface area contributed by atoms with Crippen LogP contribution >= 0.6 is 0 Å². The van der Waals surface area contributed by atoms with E-state index in [1.807, 2.05) is 53.4 Å². The van der Waals surface area contributed by atoms with Crippen molar-refractivity contribution in [1.82, 2.24) is 14.7 Å². The molecule has 1 N–H and O–H groups in total. The summed E-state index contributed by atoms with van der Waals surface area (Å²) in [6, 6.07) is 19.6. The lowest BCUT2D eigenvalue weighted by Crippen LogP contribution is -2.53. The molecule has 166 valence electrons. The molecule has 0 spiro atoms. The van der Waals surface area contributed by atoms with Gasteiger partial charge in [-0.15, -0.1) is 0 Å². The van der Waals surface area contributed by atoms with Gasteiger partial charge in [0, 0.05) is 44.0 Å². The van der Waals surface area contributed by atoms with E-state index in [0.717, 1.165) is 37.4 Å². The smallest absolute Gasteiger partial charge is 0.238 e. The van der Waals surface area contributed by atoms with Crippen LogP contribution in [0.2, 0.25) is 0 Å². The molecule has 2 aromatic rings. The number of nitrogens with zero attached hydrogens (tertiary/aromatic N) is 3. The Balaban J connectivity index is 1.47. The number of hydrogen-bond donors (Lipinski definition) is 1. The molecule has 0 radical (unpaired) electrons. The lowest BCUT2D eigenvalue weighted by Gasteiger charge is -2.39. The number of carbonyl (C=O) groups is 2. The normalized spacial score (nSPS) is 15.5. The SMILES string of the molecule is CC(C)(C)N(Cc1ccccc1)C(=O)CN1CCN(CC(=O)Nc2ccccc2)CC1. The van der Waals surface area contributed by atoms with Crippen LogP contribution in [0.1, 0.15) is 26.3 Å². The van der Waals surface area contributed by atoms with Crippen molar-refractivity contribution in [3.63, 3.8) is 0 Å². The summed E-state index contributed by atoms with van der Waals surface area (Å²) in [7, 11) is 0. The molecule has 1 fully saturated rings. The zero-order valence-corrected chi connectivity index (χ0v) is 18.9. The van der Waals surface area contributed by atoms with E-state index >= 15 is 0 Å². The van der Waals surface area contributed by atoms with Crippen LogP contribution in [0.15, 0.2) is 60.7 Å². The van der Waals surface area contributed by atoms with Gasteiger partial charge < -0.3 is 10.2 Å². The number of amides is 2. The largest absolute Gasteiger partial charge is 0.332 e. The highest BCUT2D eigenvalue weighted by Crippen LogP contribution is 2.18. The van der Waals surface area contributed by atoms with Gasteiger partial charge in [0.1, 0.15) is 0 Å². The average molecular weight is 423 g/mol. The number of carbonyl (C=O) groups excluding carboxylic acids is 2. The highest BCUT2D eigenvalue weighted by atomic mass is 16.2. The molecule has 6 heteroatoms. The van der Waals surface area contributed by atoms with Crippen LogP contribution in [0.5, 0.6) is 0 Å². The minimum absolute atomic E-state index is 0.00232. The van der Waals surface area contributed by atoms with E-state index in [0.29, 0.717) is 19.6 Å². The summed E-state index contributed by atoms with van der Waals surface area (Å²) in [4.78, 5) is 31.7. The van der Waals surface area contributed by atoms with Gasteiger partial charge in [0.15, 0.2) is 0 Å². The summed E-state index contributed by atoms with van der Waals surface area (Å²) in [5, 5.41) is 2.93. The Morgan fingerprint density at radius 1 is 0.839 bits per heavy atom. The Kier molecular flexibility index (Phi) is 7.82. The van der Waals surface area contributed by atoms with Gasteiger partial charge in [0.05, 0.1) is 13.1 Å². The highest BCUT2D eigenvalue weighted by molar-refractivity contribution is 5.92. The summed E-state index contributed by atoms with van der Waals surface area (Å²) in [6.07, 6.45) is 0. The Bertz CT molecular complexity index is 841. The van der Waals surface area contributed by atoms with E-state index < -0.39 is 0 Å². The predicted molar refractivity (Wildman–Crippen MR) is 125 cm³/mol. The molecule has 3 rings (SSSR count). The van der Waals surface area contributed by atoms with Gasteiger partial charge in [-0.2, -0.15) is 0 Å². The van der Waals surface area contributed by atoms with Gasteiger partial charge >= 0.3 is 0 Å². The highest BCUT2D eigenvalue weighted by Gasteiger charge is 2.29. The second-order valence-corrected chi connectivity index (χ2v) is 9.10. The molecule has 1 saturated heterocycles. The number of benzene rings is 2. The summed E-state index contributed by atoms with van der Waals surface area (Å²) < 4.78 is 0. The van der Waals surface area contributed by atoms with Crippen LogP contribution in [-0.4, -0.2) is 71.3 Å². The zero-order chi connectivity index (χ0) is 22.3. The molecule has 0 aromatic heterocycles. The van der Waals surface area contributed by atoms with Crippen LogP contribution in [-0.2, 0) is 16.1 Å². The molecule has 6 nitrogen and oxygen atoms in total. The fourth-order valence-electron chi connectivity index (χ4n) is 3.77. The second-order valence-electron chi connectivity index (χ2n) is 9.10. The minimum atomic E-state index is -0.246. The molecular weight excluding hydrogens is 388 g/mol. The Hall–Kier alpha value is -2.70. The first-order valence-electron chi connectivity index (χ1n) is 11.0. The first-order chi connectivity index (χ1) is 14.8. The van der Waals surface area contributed by atoms with Crippen molar-refractivity contribution in [1.29, 1.82) is 0 Å². The van der Waals surface area contributed by atoms with Crippen molar-refractivity contribution in [2.75, 3.05) is 44.6 Å². The fourth-order valence-corrected chi connectivity index (χ4v) is 3.77. The van der Waals surface area contributed by atoms with Crippen LogP contribution in [0.4, 0.5) is 5.69 Å². The van der Waals surface area contributed by atoms with Crippen molar-refractivity contribution < 1.29 is 9.59 Å². The summed E-state index contributed by atoms with van der Waals surface area (Å²) in [5.41, 5.74) is 1.71.